The molecule has 0 spiro atoms. The van der Waals surface area contributed by atoms with E-state index >= 15 is 0 Å². The van der Waals surface area contributed by atoms with Gasteiger partial charge in [0.05, 0.1) is 0 Å². The molecule has 118 valence electrons. The standard InChI is InChI=1S/C11H15NO7S2/c1-20(16,17)7-21(18,19)12-10(11(14)15)6-8-2-4-9(13)5-3-8/h2-5,10,12-13H,6-7H2,1H3,(H,14,15)/t10-/m1/s1. The molecule has 0 aliphatic carbocycles. The summed E-state index contributed by atoms with van der Waals surface area (Å²) < 4.78 is 47.1. The van der Waals surface area contributed by atoms with Gasteiger partial charge in [0.1, 0.15) is 11.8 Å². The number of hydrogen-bond acceptors (Lipinski definition) is 6. The maximum absolute atomic E-state index is 11.6. The lowest BCUT2D eigenvalue weighted by Gasteiger charge is -2.14. The minimum absolute atomic E-state index is 0.0108. The smallest absolute Gasteiger partial charge is 0.322 e. The Kier molecular flexibility index (Phi) is 5.31. The molecule has 0 saturated heterocycles. The molecule has 0 aliphatic rings. The number of carboxylic acids is 1. The van der Waals surface area contributed by atoms with E-state index in [0.717, 1.165) is 6.26 Å². The first-order chi connectivity index (χ1) is 9.48. The lowest BCUT2D eigenvalue weighted by atomic mass is 10.1. The molecule has 0 bridgehead atoms. The van der Waals surface area contributed by atoms with Crippen molar-refractivity contribution >= 4 is 25.8 Å². The number of nitrogens with one attached hydrogen (secondary N) is 1. The third-order valence-electron chi connectivity index (χ3n) is 2.37. The van der Waals surface area contributed by atoms with E-state index in [1.807, 2.05) is 4.72 Å². The topological polar surface area (TPSA) is 138 Å². The summed E-state index contributed by atoms with van der Waals surface area (Å²) >= 11 is 0. The zero-order valence-corrected chi connectivity index (χ0v) is 12.7. The summed E-state index contributed by atoms with van der Waals surface area (Å²) in [5, 5.41) is 17.0. The largest absolute Gasteiger partial charge is 0.508 e. The zero-order valence-electron chi connectivity index (χ0n) is 11.1. The maximum atomic E-state index is 11.6. The zero-order chi connectivity index (χ0) is 16.3. The summed E-state index contributed by atoms with van der Waals surface area (Å²) in [6.07, 6.45) is 0.556. The van der Waals surface area contributed by atoms with E-state index in [4.69, 9.17) is 10.2 Å². The van der Waals surface area contributed by atoms with Crippen molar-refractivity contribution in [3.63, 3.8) is 0 Å². The van der Waals surface area contributed by atoms with Gasteiger partial charge in [0.25, 0.3) is 0 Å². The van der Waals surface area contributed by atoms with E-state index in [1.165, 1.54) is 24.3 Å². The second kappa shape index (κ2) is 6.41. The van der Waals surface area contributed by atoms with Crippen LogP contribution in [0.5, 0.6) is 5.75 Å². The van der Waals surface area contributed by atoms with Crippen molar-refractivity contribution < 1.29 is 31.8 Å². The summed E-state index contributed by atoms with van der Waals surface area (Å²) in [5.41, 5.74) is 0.474. The van der Waals surface area contributed by atoms with Gasteiger partial charge in [0.15, 0.2) is 14.9 Å². The summed E-state index contributed by atoms with van der Waals surface area (Å²) in [6, 6.07) is 4.05. The molecule has 10 heteroatoms. The molecule has 21 heavy (non-hydrogen) atoms. The van der Waals surface area contributed by atoms with Crippen molar-refractivity contribution in [1.82, 2.24) is 4.72 Å². The van der Waals surface area contributed by atoms with Crippen LogP contribution in [0.15, 0.2) is 24.3 Å². The van der Waals surface area contributed by atoms with Crippen LogP contribution in [-0.4, -0.2) is 50.4 Å². The molecule has 0 unspecified atom stereocenters. The minimum Gasteiger partial charge on any atom is -0.508 e. The summed E-state index contributed by atoms with van der Waals surface area (Å²) in [4.78, 5) is 11.1. The summed E-state index contributed by atoms with van der Waals surface area (Å²) in [5.74, 6) is -1.44. The Morgan fingerprint density at radius 3 is 2.14 bits per heavy atom. The molecule has 1 aromatic rings. The number of aliphatic carboxylic acids is 1. The van der Waals surface area contributed by atoms with Gasteiger partial charge in [-0.05, 0) is 24.1 Å². The molecule has 1 atom stereocenters. The number of sulfonamides is 1. The summed E-state index contributed by atoms with van der Waals surface area (Å²) in [7, 11) is -8.09. The molecule has 8 nitrogen and oxygen atoms in total. The van der Waals surface area contributed by atoms with Gasteiger partial charge in [-0.2, -0.15) is 4.72 Å². The molecule has 0 fully saturated rings. The van der Waals surface area contributed by atoms with Gasteiger partial charge < -0.3 is 10.2 Å². The fraction of sp³-hybridized carbons (Fsp3) is 0.364. The van der Waals surface area contributed by atoms with Crippen molar-refractivity contribution in [3.05, 3.63) is 29.8 Å². The number of phenolic OH excluding ortho intramolecular Hbond substituents is 1. The lowest BCUT2D eigenvalue weighted by molar-refractivity contribution is -0.138. The van der Waals surface area contributed by atoms with Crippen LogP contribution < -0.4 is 4.72 Å². The highest BCUT2D eigenvalue weighted by atomic mass is 32.3. The van der Waals surface area contributed by atoms with E-state index in [0.29, 0.717) is 5.56 Å². The number of phenols is 1. The number of rotatable bonds is 7. The van der Waals surface area contributed by atoms with Crippen LogP contribution in [0.2, 0.25) is 0 Å². The van der Waals surface area contributed by atoms with Gasteiger partial charge >= 0.3 is 5.97 Å². The highest BCUT2D eigenvalue weighted by molar-refractivity contribution is 8.06. The van der Waals surface area contributed by atoms with E-state index in [1.54, 1.807) is 0 Å². The van der Waals surface area contributed by atoms with Crippen molar-refractivity contribution in [3.8, 4) is 5.75 Å². The molecule has 0 saturated carbocycles. The second-order valence-corrected chi connectivity index (χ2v) is 8.80. The highest BCUT2D eigenvalue weighted by Crippen LogP contribution is 2.12. The van der Waals surface area contributed by atoms with Crippen molar-refractivity contribution in [1.29, 1.82) is 0 Å². The average Bonchev–Trinajstić information content (AvgIpc) is 2.27. The van der Waals surface area contributed by atoms with Crippen LogP contribution in [0.3, 0.4) is 0 Å². The second-order valence-electron chi connectivity index (χ2n) is 4.54. The molecular formula is C11H15NO7S2. The first-order valence-corrected chi connectivity index (χ1v) is 9.38. The van der Waals surface area contributed by atoms with Crippen LogP contribution in [-0.2, 0) is 31.1 Å². The fourth-order valence-electron chi connectivity index (χ4n) is 1.58. The first-order valence-electron chi connectivity index (χ1n) is 5.67. The van der Waals surface area contributed by atoms with Gasteiger partial charge in [0, 0.05) is 6.26 Å². The Balaban J connectivity index is 2.88. The number of hydrogen-bond donors (Lipinski definition) is 3. The Hall–Kier alpha value is -1.65. The molecule has 3 N–H and O–H groups in total. The Bertz CT molecular complexity index is 707. The quantitative estimate of drug-likeness (QED) is 0.598. The SMILES string of the molecule is CS(=O)(=O)CS(=O)(=O)N[C@H](Cc1ccc(O)cc1)C(=O)O. The van der Waals surface area contributed by atoms with Crippen LogP contribution in [0.25, 0.3) is 0 Å². The van der Waals surface area contributed by atoms with E-state index in [2.05, 4.69) is 0 Å². The van der Waals surface area contributed by atoms with E-state index in [9.17, 15) is 21.6 Å². The van der Waals surface area contributed by atoms with Crippen molar-refractivity contribution in [2.75, 3.05) is 11.3 Å². The molecule has 0 heterocycles. The monoisotopic (exact) mass is 337 g/mol. The lowest BCUT2D eigenvalue weighted by Crippen LogP contribution is -2.44. The number of benzene rings is 1. The van der Waals surface area contributed by atoms with Gasteiger partial charge in [-0.25, -0.2) is 16.8 Å². The minimum atomic E-state index is -4.28. The predicted molar refractivity (Wildman–Crippen MR) is 75.0 cm³/mol. The molecule has 0 amide bonds. The first kappa shape index (κ1) is 17.4. The number of carbonyl (C=O) groups is 1. The van der Waals surface area contributed by atoms with Crippen LogP contribution in [0.4, 0.5) is 0 Å². The Labute approximate surface area is 122 Å². The Morgan fingerprint density at radius 2 is 1.71 bits per heavy atom. The number of sulfone groups is 1. The molecule has 1 aromatic carbocycles. The van der Waals surface area contributed by atoms with E-state index < -0.39 is 37.0 Å². The van der Waals surface area contributed by atoms with Gasteiger partial charge in [0.2, 0.25) is 10.0 Å². The number of aromatic hydroxyl groups is 1. The van der Waals surface area contributed by atoms with Crippen molar-refractivity contribution in [2.24, 2.45) is 0 Å². The third-order valence-corrected chi connectivity index (χ3v) is 5.96. The van der Waals surface area contributed by atoms with Crippen LogP contribution >= 0.6 is 0 Å². The maximum Gasteiger partial charge on any atom is 0.322 e. The highest BCUT2D eigenvalue weighted by Gasteiger charge is 2.27. The third kappa shape index (κ3) is 6.56. The average molecular weight is 337 g/mol. The molecule has 0 aromatic heterocycles. The summed E-state index contributed by atoms with van der Waals surface area (Å²) in [6.45, 7) is 0. The van der Waals surface area contributed by atoms with E-state index in [-0.39, 0.29) is 12.2 Å². The van der Waals surface area contributed by atoms with Crippen LogP contribution in [0.1, 0.15) is 5.56 Å². The Morgan fingerprint density at radius 1 is 1.19 bits per heavy atom. The van der Waals surface area contributed by atoms with Crippen molar-refractivity contribution in [2.45, 2.75) is 12.5 Å². The normalized spacial score (nSPS) is 13.8. The van der Waals surface area contributed by atoms with Gasteiger partial charge in [-0.3, -0.25) is 4.79 Å². The molecule has 1 rings (SSSR count). The van der Waals surface area contributed by atoms with Gasteiger partial charge in [-0.15, -0.1) is 0 Å². The fourth-order valence-corrected chi connectivity index (χ4v) is 4.72. The number of carboxylic acid groups (broad SMARTS) is 1. The molecule has 0 radical (unpaired) electrons. The van der Waals surface area contributed by atoms with Gasteiger partial charge in [-0.1, -0.05) is 12.1 Å². The molecular weight excluding hydrogens is 322 g/mol. The van der Waals surface area contributed by atoms with Crippen LogP contribution in [0, 0.1) is 0 Å². The molecule has 0 aliphatic heterocycles. The predicted octanol–water partition coefficient (Wildman–Crippen LogP) is -0.691.